The van der Waals surface area contributed by atoms with Crippen molar-refractivity contribution in [3.05, 3.63) is 28.8 Å². The van der Waals surface area contributed by atoms with Crippen LogP contribution in [0, 0.1) is 6.92 Å². The number of thiazole rings is 1. The molecular weight excluding hydrogens is 336 g/mol. The largest absolute Gasteiger partial charge is 0.444 e. The van der Waals surface area contributed by atoms with Gasteiger partial charge < -0.3 is 14.4 Å². The van der Waals surface area contributed by atoms with E-state index in [0.29, 0.717) is 19.8 Å². The highest BCUT2D eigenvalue weighted by molar-refractivity contribution is 7.18. The smallest absolute Gasteiger partial charge is 0.410 e. The molecule has 1 aromatic heterocycles. The Bertz CT molecular complexity index is 745. The number of hydrogen-bond donors (Lipinski definition) is 0. The maximum Gasteiger partial charge on any atom is 0.410 e. The highest BCUT2D eigenvalue weighted by atomic mass is 32.1. The average Bonchev–Trinajstić information content (AvgIpc) is 2.91. The van der Waals surface area contributed by atoms with Crippen LogP contribution >= 0.6 is 11.3 Å². The molecule has 1 saturated heterocycles. The summed E-state index contributed by atoms with van der Waals surface area (Å²) in [5.74, 6) is 0. The van der Waals surface area contributed by atoms with Gasteiger partial charge in [-0.2, -0.15) is 0 Å². The minimum atomic E-state index is -0.503. The van der Waals surface area contributed by atoms with Crippen molar-refractivity contribution < 1.29 is 14.3 Å². The van der Waals surface area contributed by atoms with E-state index in [1.165, 1.54) is 4.70 Å². The van der Waals surface area contributed by atoms with Crippen molar-refractivity contribution in [2.24, 2.45) is 0 Å². The number of amides is 1. The van der Waals surface area contributed by atoms with Gasteiger partial charge in [0.05, 0.1) is 15.2 Å². The van der Waals surface area contributed by atoms with E-state index in [-0.39, 0.29) is 12.1 Å². The first-order chi connectivity index (χ1) is 11.8. The standard InChI is InChI=1S/C19H26N2O3S/c1-13-20-16-11-14(5-6-17(16)25-13)12-21(15-7-9-23-10-8-15)18(22)24-19(2,3)4/h5-6,11,15H,7-10,12H2,1-4H3. The van der Waals surface area contributed by atoms with E-state index < -0.39 is 5.60 Å². The fourth-order valence-corrected chi connectivity index (χ4v) is 3.85. The molecular formula is C19H26N2O3S. The van der Waals surface area contributed by atoms with E-state index in [9.17, 15) is 4.79 Å². The number of ether oxygens (including phenoxy) is 2. The number of carbonyl (C=O) groups excluding carboxylic acids is 1. The maximum absolute atomic E-state index is 12.8. The fourth-order valence-electron chi connectivity index (χ4n) is 3.04. The molecule has 1 aromatic carbocycles. The molecule has 1 amide bonds. The number of fused-ring (bicyclic) bond motifs is 1. The number of rotatable bonds is 3. The van der Waals surface area contributed by atoms with Gasteiger partial charge in [-0.25, -0.2) is 9.78 Å². The number of carbonyl (C=O) groups is 1. The van der Waals surface area contributed by atoms with Gasteiger partial charge in [-0.15, -0.1) is 11.3 Å². The minimum Gasteiger partial charge on any atom is -0.444 e. The zero-order valence-electron chi connectivity index (χ0n) is 15.4. The summed E-state index contributed by atoms with van der Waals surface area (Å²) in [5, 5.41) is 1.06. The molecule has 5 nitrogen and oxygen atoms in total. The van der Waals surface area contributed by atoms with Crippen molar-refractivity contribution in [3.63, 3.8) is 0 Å². The van der Waals surface area contributed by atoms with Gasteiger partial charge in [-0.05, 0) is 58.2 Å². The molecule has 0 unspecified atom stereocenters. The van der Waals surface area contributed by atoms with Crippen LogP contribution in [-0.4, -0.2) is 40.8 Å². The zero-order valence-corrected chi connectivity index (χ0v) is 16.2. The summed E-state index contributed by atoms with van der Waals surface area (Å²) in [6.07, 6.45) is 1.43. The van der Waals surface area contributed by atoms with Crippen LogP contribution in [0.2, 0.25) is 0 Å². The van der Waals surface area contributed by atoms with Gasteiger partial charge in [-0.1, -0.05) is 6.07 Å². The third-order valence-corrected chi connectivity index (χ3v) is 5.12. The second-order valence-electron chi connectivity index (χ2n) is 7.49. The second kappa shape index (κ2) is 7.30. The fraction of sp³-hybridized carbons (Fsp3) is 0.579. The van der Waals surface area contributed by atoms with Crippen molar-refractivity contribution >= 4 is 27.6 Å². The highest BCUT2D eigenvalue weighted by Gasteiger charge is 2.29. The van der Waals surface area contributed by atoms with Crippen LogP contribution in [0.15, 0.2) is 18.2 Å². The highest BCUT2D eigenvalue weighted by Crippen LogP contribution is 2.25. The van der Waals surface area contributed by atoms with Gasteiger partial charge in [-0.3, -0.25) is 0 Å². The lowest BCUT2D eigenvalue weighted by atomic mass is 10.1. The Balaban J connectivity index is 1.82. The lowest BCUT2D eigenvalue weighted by Crippen LogP contribution is -2.45. The van der Waals surface area contributed by atoms with Gasteiger partial charge in [0.1, 0.15) is 5.60 Å². The molecule has 136 valence electrons. The average molecular weight is 362 g/mol. The molecule has 3 rings (SSSR count). The van der Waals surface area contributed by atoms with Gasteiger partial charge >= 0.3 is 6.09 Å². The Hall–Kier alpha value is -1.66. The van der Waals surface area contributed by atoms with E-state index in [2.05, 4.69) is 23.2 Å². The van der Waals surface area contributed by atoms with Crippen molar-refractivity contribution in [2.45, 2.75) is 58.7 Å². The molecule has 0 bridgehead atoms. The van der Waals surface area contributed by atoms with Crippen LogP contribution in [-0.2, 0) is 16.0 Å². The summed E-state index contributed by atoms with van der Waals surface area (Å²) in [6, 6.07) is 6.40. The van der Waals surface area contributed by atoms with Gasteiger partial charge in [0.15, 0.2) is 0 Å². The van der Waals surface area contributed by atoms with E-state index in [1.54, 1.807) is 11.3 Å². The quantitative estimate of drug-likeness (QED) is 0.805. The van der Waals surface area contributed by atoms with Gasteiger partial charge in [0.25, 0.3) is 0 Å². The van der Waals surface area contributed by atoms with Crippen LogP contribution < -0.4 is 0 Å². The summed E-state index contributed by atoms with van der Waals surface area (Å²) in [7, 11) is 0. The first-order valence-corrected chi connectivity index (χ1v) is 9.57. The summed E-state index contributed by atoms with van der Waals surface area (Å²) in [4.78, 5) is 19.2. The van der Waals surface area contributed by atoms with E-state index in [1.807, 2.05) is 32.6 Å². The van der Waals surface area contributed by atoms with Crippen molar-refractivity contribution in [1.29, 1.82) is 0 Å². The molecule has 6 heteroatoms. The molecule has 1 aliphatic rings. The van der Waals surface area contributed by atoms with Crippen LogP contribution in [0.1, 0.15) is 44.2 Å². The molecule has 25 heavy (non-hydrogen) atoms. The number of benzene rings is 1. The number of aryl methyl sites for hydroxylation is 1. The van der Waals surface area contributed by atoms with Crippen molar-refractivity contribution in [3.8, 4) is 0 Å². The van der Waals surface area contributed by atoms with E-state index >= 15 is 0 Å². The Labute approximate surface area is 152 Å². The Morgan fingerprint density at radius 1 is 1.36 bits per heavy atom. The van der Waals surface area contributed by atoms with Crippen LogP contribution in [0.25, 0.3) is 10.2 Å². The van der Waals surface area contributed by atoms with E-state index in [4.69, 9.17) is 9.47 Å². The molecule has 2 aromatic rings. The molecule has 2 heterocycles. The molecule has 0 saturated carbocycles. The summed E-state index contributed by atoms with van der Waals surface area (Å²) < 4.78 is 12.3. The molecule has 0 aliphatic carbocycles. The van der Waals surface area contributed by atoms with Crippen molar-refractivity contribution in [2.75, 3.05) is 13.2 Å². The number of aromatic nitrogens is 1. The maximum atomic E-state index is 12.8. The minimum absolute atomic E-state index is 0.150. The number of hydrogen-bond acceptors (Lipinski definition) is 5. The van der Waals surface area contributed by atoms with Crippen LogP contribution in [0.3, 0.4) is 0 Å². The van der Waals surface area contributed by atoms with Gasteiger partial charge in [0.2, 0.25) is 0 Å². The van der Waals surface area contributed by atoms with Crippen LogP contribution in [0.5, 0.6) is 0 Å². The molecule has 1 fully saturated rings. The molecule has 0 spiro atoms. The normalized spacial score (nSPS) is 16.2. The first kappa shape index (κ1) is 18.1. The van der Waals surface area contributed by atoms with E-state index in [0.717, 1.165) is 28.9 Å². The molecule has 1 aliphatic heterocycles. The van der Waals surface area contributed by atoms with Gasteiger partial charge in [0, 0.05) is 25.8 Å². The lowest BCUT2D eigenvalue weighted by molar-refractivity contribution is -0.00807. The topological polar surface area (TPSA) is 51.7 Å². The third kappa shape index (κ3) is 4.70. The first-order valence-electron chi connectivity index (χ1n) is 8.75. The summed E-state index contributed by atoms with van der Waals surface area (Å²) in [6.45, 7) is 9.62. The Morgan fingerprint density at radius 3 is 2.76 bits per heavy atom. The molecule has 0 radical (unpaired) electrons. The third-order valence-electron chi connectivity index (χ3n) is 4.17. The SMILES string of the molecule is Cc1nc2cc(CN(C(=O)OC(C)(C)C)C3CCOCC3)ccc2s1. The second-order valence-corrected chi connectivity index (χ2v) is 8.72. The van der Waals surface area contributed by atoms with Crippen LogP contribution in [0.4, 0.5) is 4.79 Å². The van der Waals surface area contributed by atoms with Crippen molar-refractivity contribution in [1.82, 2.24) is 9.88 Å². The Morgan fingerprint density at radius 2 is 2.08 bits per heavy atom. The number of nitrogens with zero attached hydrogens (tertiary/aromatic N) is 2. The summed E-state index contributed by atoms with van der Waals surface area (Å²) in [5.41, 5.74) is 1.57. The lowest BCUT2D eigenvalue weighted by Gasteiger charge is -2.35. The Kier molecular flexibility index (Phi) is 5.29. The predicted octanol–water partition coefficient (Wildman–Crippen LogP) is 4.52. The zero-order chi connectivity index (χ0) is 18.0. The summed E-state index contributed by atoms with van der Waals surface area (Å²) >= 11 is 1.69. The molecule has 0 N–H and O–H groups in total. The predicted molar refractivity (Wildman–Crippen MR) is 100.0 cm³/mol. The molecule has 0 atom stereocenters. The monoisotopic (exact) mass is 362 g/mol.